The van der Waals surface area contributed by atoms with Gasteiger partial charge in [-0.1, -0.05) is 12.1 Å². The van der Waals surface area contributed by atoms with Crippen LogP contribution in [0.25, 0.3) is 0 Å². The van der Waals surface area contributed by atoms with E-state index in [0.29, 0.717) is 11.3 Å². The molecule has 2 rings (SSSR count). The number of aromatic nitrogens is 1. The van der Waals surface area contributed by atoms with Crippen molar-refractivity contribution in [3.05, 3.63) is 57.8 Å². The van der Waals surface area contributed by atoms with Crippen molar-refractivity contribution in [3.8, 4) is 0 Å². The molecule has 104 valence electrons. The van der Waals surface area contributed by atoms with Crippen molar-refractivity contribution < 1.29 is 4.92 Å². The summed E-state index contributed by atoms with van der Waals surface area (Å²) in [6, 6.07) is 8.88. The van der Waals surface area contributed by atoms with Gasteiger partial charge in [0.25, 0.3) is 0 Å². The van der Waals surface area contributed by atoms with Crippen molar-refractivity contribution in [2.45, 2.75) is 19.9 Å². The second-order valence-corrected chi connectivity index (χ2v) is 4.61. The van der Waals surface area contributed by atoms with Crippen molar-refractivity contribution in [2.75, 3.05) is 11.1 Å². The van der Waals surface area contributed by atoms with Crippen molar-refractivity contribution in [2.24, 2.45) is 0 Å². The number of benzene rings is 1. The normalized spacial score (nSPS) is 11.9. The van der Waals surface area contributed by atoms with Crippen LogP contribution in [0.2, 0.25) is 0 Å². The van der Waals surface area contributed by atoms with E-state index in [4.69, 9.17) is 5.73 Å². The minimum atomic E-state index is -0.416. The quantitative estimate of drug-likeness (QED) is 0.506. The molecule has 0 fully saturated rings. The van der Waals surface area contributed by atoms with Gasteiger partial charge in [0.05, 0.1) is 11.0 Å². The molecule has 0 radical (unpaired) electrons. The number of pyridine rings is 1. The summed E-state index contributed by atoms with van der Waals surface area (Å²) in [5.41, 5.74) is 7.89. The number of nitrogens with two attached hydrogens (primary N) is 1. The molecular formula is C14H16N4O2. The van der Waals surface area contributed by atoms with Crippen molar-refractivity contribution in [1.82, 2.24) is 4.98 Å². The number of hydrogen-bond acceptors (Lipinski definition) is 5. The zero-order valence-electron chi connectivity index (χ0n) is 11.3. The molecule has 0 saturated heterocycles. The summed E-state index contributed by atoms with van der Waals surface area (Å²) in [6.07, 6.45) is 1.56. The Morgan fingerprint density at radius 2 is 1.95 bits per heavy atom. The Bertz CT molecular complexity index is 626. The summed E-state index contributed by atoms with van der Waals surface area (Å²) < 4.78 is 0. The lowest BCUT2D eigenvalue weighted by atomic mass is 10.1. The van der Waals surface area contributed by atoms with E-state index in [-0.39, 0.29) is 17.5 Å². The first-order valence-electron chi connectivity index (χ1n) is 6.21. The lowest BCUT2D eigenvalue weighted by molar-refractivity contribution is -0.384. The molecule has 0 aliphatic carbocycles. The van der Waals surface area contributed by atoms with E-state index in [1.54, 1.807) is 31.3 Å². The maximum Gasteiger partial charge on any atom is 0.314 e. The number of rotatable bonds is 4. The summed E-state index contributed by atoms with van der Waals surface area (Å²) in [6.45, 7) is 3.61. The molecule has 2 aromatic rings. The fourth-order valence-electron chi connectivity index (χ4n) is 1.96. The summed E-state index contributed by atoms with van der Waals surface area (Å²) in [5.74, 6) is 0.277. The second-order valence-electron chi connectivity index (χ2n) is 4.61. The summed E-state index contributed by atoms with van der Waals surface area (Å²) in [5, 5.41) is 14.2. The van der Waals surface area contributed by atoms with Crippen LogP contribution in [0, 0.1) is 17.0 Å². The topological polar surface area (TPSA) is 94.1 Å². The van der Waals surface area contributed by atoms with E-state index in [0.717, 1.165) is 5.56 Å². The zero-order valence-corrected chi connectivity index (χ0v) is 11.3. The third-order valence-corrected chi connectivity index (χ3v) is 3.10. The fourth-order valence-corrected chi connectivity index (χ4v) is 1.96. The molecule has 0 amide bonds. The van der Waals surface area contributed by atoms with Crippen LogP contribution in [0.15, 0.2) is 36.5 Å². The minimum Gasteiger partial charge on any atom is -0.399 e. The number of nitrogens with zero attached hydrogens (tertiary/aromatic N) is 2. The minimum absolute atomic E-state index is 0.00907. The highest BCUT2D eigenvalue weighted by Gasteiger charge is 2.20. The largest absolute Gasteiger partial charge is 0.399 e. The van der Waals surface area contributed by atoms with Crippen molar-refractivity contribution >= 4 is 17.2 Å². The maximum atomic E-state index is 11.1. The van der Waals surface area contributed by atoms with Crippen molar-refractivity contribution in [3.63, 3.8) is 0 Å². The van der Waals surface area contributed by atoms with E-state index in [1.807, 2.05) is 19.1 Å². The molecule has 1 heterocycles. The Labute approximate surface area is 116 Å². The van der Waals surface area contributed by atoms with Crippen LogP contribution < -0.4 is 11.1 Å². The molecule has 1 aromatic carbocycles. The standard InChI is InChI=1S/C14H16N4O2/c1-9-7-8-16-14(13(9)18(19)20)17-10(2)11-3-5-12(15)6-4-11/h3-8,10H,15H2,1-2H3,(H,16,17). The molecule has 20 heavy (non-hydrogen) atoms. The Morgan fingerprint density at radius 3 is 2.55 bits per heavy atom. The predicted molar refractivity (Wildman–Crippen MR) is 78.5 cm³/mol. The summed E-state index contributed by atoms with van der Waals surface area (Å²) in [4.78, 5) is 14.8. The molecular weight excluding hydrogens is 256 g/mol. The molecule has 0 saturated carbocycles. The summed E-state index contributed by atoms with van der Waals surface area (Å²) >= 11 is 0. The van der Waals surface area contributed by atoms with Crippen LogP contribution >= 0.6 is 0 Å². The SMILES string of the molecule is Cc1ccnc(NC(C)c2ccc(N)cc2)c1[N+](=O)[O-]. The number of nitrogens with one attached hydrogen (secondary N) is 1. The Kier molecular flexibility index (Phi) is 3.84. The van der Waals surface area contributed by atoms with Gasteiger partial charge in [-0.3, -0.25) is 10.1 Å². The van der Waals surface area contributed by atoms with E-state index >= 15 is 0 Å². The average molecular weight is 272 g/mol. The predicted octanol–water partition coefficient (Wildman–Crippen LogP) is 3.05. The molecule has 0 spiro atoms. The van der Waals surface area contributed by atoms with Gasteiger partial charge in [-0.15, -0.1) is 0 Å². The first kappa shape index (κ1) is 13.8. The Morgan fingerprint density at radius 1 is 1.30 bits per heavy atom. The number of aryl methyl sites for hydroxylation is 1. The average Bonchev–Trinajstić information content (AvgIpc) is 2.39. The Hall–Kier alpha value is -2.63. The number of nitrogen functional groups attached to an aromatic ring is 1. The molecule has 0 bridgehead atoms. The van der Waals surface area contributed by atoms with Gasteiger partial charge in [0.1, 0.15) is 0 Å². The highest BCUT2D eigenvalue weighted by atomic mass is 16.6. The third-order valence-electron chi connectivity index (χ3n) is 3.10. The molecule has 1 aromatic heterocycles. The first-order chi connectivity index (χ1) is 9.49. The van der Waals surface area contributed by atoms with Gasteiger partial charge in [0, 0.05) is 17.4 Å². The van der Waals surface area contributed by atoms with E-state index < -0.39 is 4.92 Å². The smallest absolute Gasteiger partial charge is 0.314 e. The van der Waals surface area contributed by atoms with Gasteiger partial charge < -0.3 is 11.1 Å². The molecule has 6 nitrogen and oxygen atoms in total. The van der Waals surface area contributed by atoms with E-state index in [2.05, 4.69) is 10.3 Å². The van der Waals surface area contributed by atoms with Crippen LogP contribution in [-0.4, -0.2) is 9.91 Å². The van der Waals surface area contributed by atoms with Crippen LogP contribution in [0.4, 0.5) is 17.2 Å². The lowest BCUT2D eigenvalue weighted by Gasteiger charge is -2.15. The Balaban J connectivity index is 2.28. The van der Waals surface area contributed by atoms with Crippen LogP contribution in [-0.2, 0) is 0 Å². The molecule has 0 aliphatic heterocycles. The zero-order chi connectivity index (χ0) is 14.7. The molecule has 6 heteroatoms. The van der Waals surface area contributed by atoms with Crippen LogP contribution in [0.1, 0.15) is 24.1 Å². The lowest BCUT2D eigenvalue weighted by Crippen LogP contribution is -2.10. The number of hydrogen-bond donors (Lipinski definition) is 2. The van der Waals surface area contributed by atoms with Crippen molar-refractivity contribution in [1.29, 1.82) is 0 Å². The van der Waals surface area contributed by atoms with Gasteiger partial charge in [-0.25, -0.2) is 4.98 Å². The van der Waals surface area contributed by atoms with Gasteiger partial charge in [-0.05, 0) is 37.6 Å². The highest BCUT2D eigenvalue weighted by molar-refractivity contribution is 5.60. The number of nitro groups is 1. The fraction of sp³-hybridized carbons (Fsp3) is 0.214. The third kappa shape index (κ3) is 2.85. The van der Waals surface area contributed by atoms with Crippen LogP contribution in [0.3, 0.4) is 0 Å². The van der Waals surface area contributed by atoms with Gasteiger partial charge in [0.2, 0.25) is 5.82 Å². The monoisotopic (exact) mass is 272 g/mol. The van der Waals surface area contributed by atoms with Gasteiger partial charge in [0.15, 0.2) is 0 Å². The first-order valence-corrected chi connectivity index (χ1v) is 6.21. The van der Waals surface area contributed by atoms with E-state index in [1.165, 1.54) is 0 Å². The van der Waals surface area contributed by atoms with Gasteiger partial charge >= 0.3 is 5.69 Å². The molecule has 1 atom stereocenters. The molecule has 3 N–H and O–H groups in total. The number of anilines is 2. The molecule has 1 unspecified atom stereocenters. The van der Waals surface area contributed by atoms with E-state index in [9.17, 15) is 10.1 Å². The van der Waals surface area contributed by atoms with Gasteiger partial charge in [-0.2, -0.15) is 0 Å². The highest BCUT2D eigenvalue weighted by Crippen LogP contribution is 2.28. The maximum absolute atomic E-state index is 11.1. The summed E-state index contributed by atoms with van der Waals surface area (Å²) in [7, 11) is 0. The second kappa shape index (κ2) is 5.56. The van der Waals surface area contributed by atoms with Crippen LogP contribution in [0.5, 0.6) is 0 Å². The molecule has 0 aliphatic rings.